The van der Waals surface area contributed by atoms with Crippen LogP contribution in [0.1, 0.15) is 30.9 Å². The Balaban J connectivity index is 2.06. The average molecular weight is 265 g/mol. The maximum Gasteiger partial charge on any atom is 0.101 e. The Kier molecular flexibility index (Phi) is 4.62. The van der Waals surface area contributed by atoms with Gasteiger partial charge in [0.05, 0.1) is 11.3 Å². The summed E-state index contributed by atoms with van der Waals surface area (Å²) in [5, 5.41) is 12.1. The number of nitrogens with one attached hydrogen (secondary N) is 1. The third-order valence-corrected chi connectivity index (χ3v) is 3.23. The summed E-state index contributed by atoms with van der Waals surface area (Å²) >= 11 is 0. The summed E-state index contributed by atoms with van der Waals surface area (Å²) in [5.74, 6) is 0. The minimum Gasteiger partial charge on any atom is -0.398 e. The lowest BCUT2D eigenvalue weighted by atomic mass is 10.1. The second-order valence-electron chi connectivity index (χ2n) is 4.84. The molecule has 0 atom stereocenters. The molecule has 0 heterocycles. The number of nitrogen functional groups attached to an aromatic ring is 1. The third kappa shape index (κ3) is 3.52. The third-order valence-electron chi connectivity index (χ3n) is 3.23. The monoisotopic (exact) mass is 265 g/mol. The van der Waals surface area contributed by atoms with Crippen molar-refractivity contribution < 1.29 is 0 Å². The normalized spacial score (nSPS) is 10.0. The zero-order chi connectivity index (χ0) is 14.4. The van der Waals surface area contributed by atoms with Crippen LogP contribution in [0.15, 0.2) is 42.5 Å². The minimum absolute atomic E-state index is 0.497. The van der Waals surface area contributed by atoms with Crippen molar-refractivity contribution in [2.75, 3.05) is 11.1 Å². The highest BCUT2D eigenvalue weighted by molar-refractivity contribution is 5.67. The van der Waals surface area contributed by atoms with Gasteiger partial charge in [0, 0.05) is 11.4 Å². The van der Waals surface area contributed by atoms with E-state index in [0.717, 1.165) is 17.8 Å². The highest BCUT2D eigenvalue weighted by Gasteiger charge is 2.01. The van der Waals surface area contributed by atoms with Crippen molar-refractivity contribution in [2.24, 2.45) is 0 Å². The van der Waals surface area contributed by atoms with Gasteiger partial charge < -0.3 is 11.1 Å². The highest BCUT2D eigenvalue weighted by atomic mass is 14.9. The van der Waals surface area contributed by atoms with E-state index in [0.29, 0.717) is 11.3 Å². The van der Waals surface area contributed by atoms with Gasteiger partial charge in [0.15, 0.2) is 0 Å². The van der Waals surface area contributed by atoms with Crippen molar-refractivity contribution >= 4 is 17.1 Å². The molecule has 3 heteroatoms. The molecule has 0 bridgehead atoms. The molecule has 0 aliphatic rings. The molecular formula is C17H19N3. The van der Waals surface area contributed by atoms with Crippen molar-refractivity contribution in [1.82, 2.24) is 0 Å². The molecule has 0 aliphatic carbocycles. The van der Waals surface area contributed by atoms with Gasteiger partial charge in [0.25, 0.3) is 0 Å². The van der Waals surface area contributed by atoms with Gasteiger partial charge in [-0.15, -0.1) is 0 Å². The van der Waals surface area contributed by atoms with Crippen LogP contribution in [0.3, 0.4) is 0 Å². The Morgan fingerprint density at radius 3 is 2.40 bits per heavy atom. The zero-order valence-electron chi connectivity index (χ0n) is 11.7. The Bertz CT molecular complexity index is 609. The second-order valence-corrected chi connectivity index (χ2v) is 4.84. The summed E-state index contributed by atoms with van der Waals surface area (Å²) in [6.07, 6.45) is 3.56. The summed E-state index contributed by atoms with van der Waals surface area (Å²) in [4.78, 5) is 0. The van der Waals surface area contributed by atoms with Gasteiger partial charge in [-0.25, -0.2) is 0 Å². The number of aryl methyl sites for hydroxylation is 1. The van der Waals surface area contributed by atoms with E-state index < -0.39 is 0 Å². The summed E-state index contributed by atoms with van der Waals surface area (Å²) in [6.45, 7) is 2.20. The van der Waals surface area contributed by atoms with Gasteiger partial charge in [0.1, 0.15) is 6.07 Å². The van der Waals surface area contributed by atoms with E-state index in [1.807, 2.05) is 6.07 Å². The van der Waals surface area contributed by atoms with Crippen LogP contribution in [0.25, 0.3) is 0 Å². The van der Waals surface area contributed by atoms with E-state index in [-0.39, 0.29) is 0 Å². The number of anilines is 3. The van der Waals surface area contributed by atoms with Crippen molar-refractivity contribution in [2.45, 2.75) is 26.2 Å². The molecule has 0 fully saturated rings. The Morgan fingerprint density at radius 2 is 1.80 bits per heavy atom. The number of nitrogens with zero attached hydrogens (tertiary/aromatic N) is 1. The summed E-state index contributed by atoms with van der Waals surface area (Å²) in [7, 11) is 0. The highest BCUT2D eigenvalue weighted by Crippen LogP contribution is 2.22. The first-order chi connectivity index (χ1) is 9.72. The van der Waals surface area contributed by atoms with Gasteiger partial charge in [-0.2, -0.15) is 5.26 Å². The fourth-order valence-electron chi connectivity index (χ4n) is 2.04. The van der Waals surface area contributed by atoms with E-state index >= 15 is 0 Å². The van der Waals surface area contributed by atoms with Crippen LogP contribution < -0.4 is 11.1 Å². The number of nitriles is 1. The predicted octanol–water partition coefficient (Wildman–Crippen LogP) is 4.23. The van der Waals surface area contributed by atoms with Gasteiger partial charge in [-0.05, 0) is 48.7 Å². The molecule has 0 aliphatic heterocycles. The number of benzene rings is 2. The SMILES string of the molecule is CCCCc1ccc(Nc2ccc(C#N)c(N)c2)cc1. The summed E-state index contributed by atoms with van der Waals surface area (Å²) in [6, 6.07) is 15.9. The van der Waals surface area contributed by atoms with E-state index in [1.54, 1.807) is 12.1 Å². The van der Waals surface area contributed by atoms with E-state index in [1.165, 1.54) is 18.4 Å². The molecule has 2 rings (SSSR count). The molecule has 0 saturated carbocycles. The average Bonchev–Trinajstić information content (AvgIpc) is 2.47. The molecule has 102 valence electrons. The largest absolute Gasteiger partial charge is 0.398 e. The maximum absolute atomic E-state index is 8.85. The van der Waals surface area contributed by atoms with Crippen molar-refractivity contribution in [3.05, 3.63) is 53.6 Å². The van der Waals surface area contributed by atoms with Crippen LogP contribution >= 0.6 is 0 Å². The van der Waals surface area contributed by atoms with E-state index in [9.17, 15) is 0 Å². The summed E-state index contributed by atoms with van der Waals surface area (Å²) in [5.41, 5.74) is 10.1. The van der Waals surface area contributed by atoms with E-state index in [2.05, 4.69) is 42.6 Å². The molecule has 0 aromatic heterocycles. The standard InChI is InChI=1S/C17H19N3/c1-2-3-4-13-5-8-15(9-6-13)20-16-10-7-14(12-18)17(19)11-16/h5-11,20H,2-4,19H2,1H3. The van der Waals surface area contributed by atoms with Crippen LogP contribution in [0.2, 0.25) is 0 Å². The molecule has 0 radical (unpaired) electrons. The van der Waals surface area contributed by atoms with E-state index in [4.69, 9.17) is 11.0 Å². The van der Waals surface area contributed by atoms with Gasteiger partial charge in [-0.1, -0.05) is 25.5 Å². The van der Waals surface area contributed by atoms with Gasteiger partial charge >= 0.3 is 0 Å². The number of nitrogens with two attached hydrogens (primary N) is 1. The molecule has 2 aromatic rings. The molecule has 20 heavy (non-hydrogen) atoms. The molecule has 2 aromatic carbocycles. The van der Waals surface area contributed by atoms with Crippen molar-refractivity contribution in [3.63, 3.8) is 0 Å². The number of rotatable bonds is 5. The van der Waals surface area contributed by atoms with Crippen LogP contribution in [-0.2, 0) is 6.42 Å². The lowest BCUT2D eigenvalue weighted by molar-refractivity contribution is 0.795. The lowest BCUT2D eigenvalue weighted by Gasteiger charge is -2.09. The quantitative estimate of drug-likeness (QED) is 0.795. The Hall–Kier alpha value is -2.47. The van der Waals surface area contributed by atoms with Crippen LogP contribution in [0, 0.1) is 11.3 Å². The number of hydrogen-bond donors (Lipinski definition) is 2. The molecule has 3 nitrogen and oxygen atoms in total. The van der Waals surface area contributed by atoms with Gasteiger partial charge in [-0.3, -0.25) is 0 Å². The van der Waals surface area contributed by atoms with Crippen LogP contribution in [-0.4, -0.2) is 0 Å². The fourth-order valence-corrected chi connectivity index (χ4v) is 2.04. The maximum atomic E-state index is 8.85. The smallest absolute Gasteiger partial charge is 0.101 e. The topological polar surface area (TPSA) is 61.8 Å². The molecule has 3 N–H and O–H groups in total. The molecule has 0 saturated heterocycles. The first-order valence-corrected chi connectivity index (χ1v) is 6.88. The Labute approximate surface area is 120 Å². The minimum atomic E-state index is 0.497. The molecular weight excluding hydrogens is 246 g/mol. The molecule has 0 spiro atoms. The second kappa shape index (κ2) is 6.63. The summed E-state index contributed by atoms with van der Waals surface area (Å²) < 4.78 is 0. The van der Waals surface area contributed by atoms with Crippen molar-refractivity contribution in [1.29, 1.82) is 5.26 Å². The molecule has 0 amide bonds. The first kappa shape index (κ1) is 14.0. The van der Waals surface area contributed by atoms with Crippen molar-refractivity contribution in [3.8, 4) is 6.07 Å². The zero-order valence-corrected chi connectivity index (χ0v) is 11.7. The predicted molar refractivity (Wildman–Crippen MR) is 83.9 cm³/mol. The lowest BCUT2D eigenvalue weighted by Crippen LogP contribution is -1.95. The number of unbranched alkanes of at least 4 members (excludes halogenated alkanes) is 1. The molecule has 0 unspecified atom stereocenters. The number of hydrogen-bond acceptors (Lipinski definition) is 3. The van der Waals surface area contributed by atoms with Gasteiger partial charge in [0.2, 0.25) is 0 Å². The van der Waals surface area contributed by atoms with Crippen LogP contribution in [0.4, 0.5) is 17.1 Å². The first-order valence-electron chi connectivity index (χ1n) is 6.88. The van der Waals surface area contributed by atoms with Crippen LogP contribution in [0.5, 0.6) is 0 Å². The fraction of sp³-hybridized carbons (Fsp3) is 0.235. The Morgan fingerprint density at radius 1 is 1.10 bits per heavy atom.